The Morgan fingerprint density at radius 1 is 1.06 bits per heavy atom. The molecule has 5 rings (SSSR count). The summed E-state index contributed by atoms with van der Waals surface area (Å²) < 4.78 is 43.2. The van der Waals surface area contributed by atoms with E-state index in [1.54, 1.807) is 66.9 Å². The van der Waals surface area contributed by atoms with Crippen molar-refractivity contribution >= 4 is 46.5 Å². The van der Waals surface area contributed by atoms with E-state index >= 15 is 0 Å². The normalized spacial score (nSPS) is 14.5. The van der Waals surface area contributed by atoms with Gasteiger partial charge in [-0.05, 0) is 31.5 Å². The van der Waals surface area contributed by atoms with Crippen LogP contribution in [0, 0.1) is 25.7 Å². The van der Waals surface area contributed by atoms with Crippen molar-refractivity contribution in [2.24, 2.45) is 16.6 Å². The monoisotopic (exact) mass is 666 g/mol. The Hall–Kier alpha value is -5.48. The molecule has 1 aliphatic heterocycles. The lowest BCUT2D eigenvalue weighted by Crippen LogP contribution is -2.48. The maximum atomic E-state index is 13.9. The molecule has 4 aromatic rings. The molecule has 0 aliphatic carbocycles. The van der Waals surface area contributed by atoms with Gasteiger partial charge in [0.2, 0.25) is 18.0 Å². The van der Waals surface area contributed by atoms with Crippen LogP contribution in [0.4, 0.5) is 24.7 Å². The van der Waals surface area contributed by atoms with Crippen LogP contribution in [0.25, 0.3) is 0 Å². The summed E-state index contributed by atoms with van der Waals surface area (Å²) in [5, 5.41) is 6.32. The number of carbonyl (C=O) groups is 3. The summed E-state index contributed by atoms with van der Waals surface area (Å²) >= 11 is 5.99. The third-order valence-corrected chi connectivity index (χ3v) is 6.76. The van der Waals surface area contributed by atoms with Crippen LogP contribution in [-0.2, 0) is 14.4 Å². The van der Waals surface area contributed by atoms with Gasteiger partial charge in [-0.1, -0.05) is 65.3 Å². The molecule has 3 N–H and O–H groups in total. The number of nitrogens with zero attached hydrogens (tertiary/aromatic N) is 4. The average Bonchev–Trinajstić information content (AvgIpc) is 3.50. The summed E-state index contributed by atoms with van der Waals surface area (Å²) in [5.74, 6) is -3.85. The summed E-state index contributed by atoms with van der Waals surface area (Å²) in [4.78, 5) is 48.7. The van der Waals surface area contributed by atoms with E-state index in [0.717, 1.165) is 5.69 Å². The number of pyridine rings is 1. The fourth-order valence-electron chi connectivity index (χ4n) is 4.45. The van der Waals surface area contributed by atoms with Gasteiger partial charge in [0.1, 0.15) is 12.1 Å². The van der Waals surface area contributed by atoms with Gasteiger partial charge in [-0.2, -0.15) is 13.2 Å². The van der Waals surface area contributed by atoms with E-state index in [0.29, 0.717) is 27.5 Å². The smallest absolute Gasteiger partial charge is 0.370 e. The highest BCUT2D eigenvalue weighted by Gasteiger charge is 2.37. The number of carbonyl (C=O) groups excluding carboxylic acids is 3. The molecule has 2 aromatic carbocycles. The van der Waals surface area contributed by atoms with Crippen LogP contribution < -0.4 is 16.0 Å². The second kappa shape index (κ2) is 16.7. The Morgan fingerprint density at radius 3 is 2.30 bits per heavy atom. The van der Waals surface area contributed by atoms with E-state index in [1.165, 1.54) is 23.2 Å². The van der Waals surface area contributed by atoms with Crippen molar-refractivity contribution in [1.82, 2.24) is 15.5 Å². The maximum absolute atomic E-state index is 13.9. The molecule has 0 fully saturated rings. The van der Waals surface area contributed by atoms with Crippen molar-refractivity contribution in [1.29, 1.82) is 0 Å². The Morgan fingerprint density at radius 2 is 1.74 bits per heavy atom. The van der Waals surface area contributed by atoms with Crippen LogP contribution in [0.5, 0.6) is 0 Å². The minimum Gasteiger partial charge on any atom is -0.370 e. The molecular formula is C33H30ClF3N6O4. The molecule has 0 saturated carbocycles. The summed E-state index contributed by atoms with van der Waals surface area (Å²) in [6.07, 6.45) is 2.18. The maximum Gasteiger partial charge on any atom is 0.389 e. The number of fused-ring (bicyclic) bond motifs is 1. The summed E-state index contributed by atoms with van der Waals surface area (Å²) in [5.41, 5.74) is 8.09. The first-order valence-electron chi connectivity index (χ1n) is 14.0. The number of aryl methyl sites for hydroxylation is 1. The van der Waals surface area contributed by atoms with Crippen LogP contribution in [0.2, 0.25) is 5.02 Å². The number of amides is 3. The number of benzodiazepines with no additional fused rings is 1. The van der Waals surface area contributed by atoms with E-state index < -0.39 is 55.2 Å². The fraction of sp³-hybridized carbons (Fsp3) is 0.212. The van der Waals surface area contributed by atoms with E-state index in [4.69, 9.17) is 17.3 Å². The highest BCUT2D eigenvalue weighted by atomic mass is 35.5. The van der Waals surface area contributed by atoms with E-state index in [-0.39, 0.29) is 5.82 Å². The van der Waals surface area contributed by atoms with Gasteiger partial charge in [0.15, 0.2) is 0 Å². The molecule has 2 atom stereocenters. The Labute approximate surface area is 273 Å². The molecule has 0 unspecified atom stereocenters. The number of halogens is 4. The van der Waals surface area contributed by atoms with Gasteiger partial charge in [-0.3, -0.25) is 19.3 Å². The van der Waals surface area contributed by atoms with Crippen LogP contribution in [0.3, 0.4) is 0 Å². The molecule has 0 spiro atoms. The zero-order chi connectivity index (χ0) is 34.6. The number of anilines is 2. The number of nitrogens with one attached hydrogen (secondary N) is 1. The van der Waals surface area contributed by atoms with Crippen molar-refractivity contribution in [3.8, 4) is 12.8 Å². The Balaban J connectivity index is 0.000000664. The van der Waals surface area contributed by atoms with Gasteiger partial charge in [0.05, 0.1) is 22.1 Å². The van der Waals surface area contributed by atoms with E-state index in [1.807, 2.05) is 6.92 Å². The SMILES string of the molecule is C#C.Cc1ccon1.NC(=O)C[C@@H](CCC(F)(F)F)C(=O)N[C@H]1N=C(c2ccccc2)c2ccccc2N(c2ccc(Cl)cn2)C1=O. The number of alkyl halides is 3. The van der Waals surface area contributed by atoms with Gasteiger partial charge in [0.25, 0.3) is 5.91 Å². The quantitative estimate of drug-likeness (QED) is 0.229. The highest BCUT2D eigenvalue weighted by molar-refractivity contribution is 6.30. The van der Waals surface area contributed by atoms with Crippen molar-refractivity contribution < 1.29 is 32.1 Å². The Kier molecular flexibility index (Phi) is 12.8. The number of primary amides is 1. The molecule has 2 aromatic heterocycles. The van der Waals surface area contributed by atoms with Gasteiger partial charge < -0.3 is 15.6 Å². The number of aliphatic imine (C=N–C) groups is 1. The highest BCUT2D eigenvalue weighted by Crippen LogP contribution is 2.33. The lowest BCUT2D eigenvalue weighted by Gasteiger charge is -2.25. The number of para-hydroxylation sites is 1. The number of benzene rings is 2. The zero-order valence-electron chi connectivity index (χ0n) is 25.0. The summed E-state index contributed by atoms with van der Waals surface area (Å²) in [6.45, 7) is 1.88. The molecule has 10 nitrogen and oxygen atoms in total. The minimum atomic E-state index is -4.55. The molecule has 47 heavy (non-hydrogen) atoms. The van der Waals surface area contributed by atoms with Crippen molar-refractivity contribution in [3.05, 3.63) is 107 Å². The molecule has 244 valence electrons. The number of aromatic nitrogens is 2. The van der Waals surface area contributed by atoms with Crippen LogP contribution in [-0.4, -0.2) is 45.9 Å². The Bertz CT molecular complexity index is 1690. The number of terminal acetylenes is 1. The molecule has 0 saturated heterocycles. The predicted octanol–water partition coefficient (Wildman–Crippen LogP) is 5.76. The number of hydrogen-bond donors (Lipinski definition) is 2. The zero-order valence-corrected chi connectivity index (χ0v) is 25.8. The standard InChI is InChI=1S/C27H23ClF3N5O3.C4H5NO.C2H2/c28-18-10-11-22(33-15-18)36-20-9-5-4-8-19(20)23(16-6-2-1-3-7-16)34-24(26(36)39)35-25(38)17(14-21(32)37)12-13-27(29,30)31;1-4-2-3-6-5-4;1-2/h1-11,15,17,24H,12-14H2,(H2,32,37)(H,35,38);2-3H,1H3;1-2H/t17-,24-;;/m1../s1. The van der Waals surface area contributed by atoms with E-state index in [9.17, 15) is 27.6 Å². The largest absolute Gasteiger partial charge is 0.389 e. The third-order valence-electron chi connectivity index (χ3n) is 6.54. The molecule has 1 aliphatic rings. The first-order chi connectivity index (χ1) is 22.4. The van der Waals surface area contributed by atoms with Crippen molar-refractivity contribution in [3.63, 3.8) is 0 Å². The second-order valence-electron chi connectivity index (χ2n) is 9.94. The molecular weight excluding hydrogens is 637 g/mol. The first-order valence-corrected chi connectivity index (χ1v) is 14.3. The number of nitrogens with two attached hydrogens (primary N) is 1. The van der Waals surface area contributed by atoms with Crippen LogP contribution in [0.15, 0.2) is 94.8 Å². The molecule has 3 amide bonds. The number of rotatable bonds is 8. The lowest BCUT2D eigenvalue weighted by molar-refractivity contribution is -0.143. The van der Waals surface area contributed by atoms with Crippen LogP contribution >= 0.6 is 11.6 Å². The van der Waals surface area contributed by atoms with Crippen molar-refractivity contribution in [2.45, 2.75) is 38.5 Å². The van der Waals surface area contributed by atoms with Gasteiger partial charge in [0, 0.05) is 42.1 Å². The van der Waals surface area contributed by atoms with Crippen molar-refractivity contribution in [2.75, 3.05) is 4.90 Å². The minimum absolute atomic E-state index is 0.186. The van der Waals surface area contributed by atoms with Gasteiger partial charge >= 0.3 is 6.18 Å². The molecule has 3 heterocycles. The average molecular weight is 667 g/mol. The predicted molar refractivity (Wildman–Crippen MR) is 171 cm³/mol. The molecule has 14 heteroatoms. The fourth-order valence-corrected chi connectivity index (χ4v) is 4.56. The summed E-state index contributed by atoms with van der Waals surface area (Å²) in [6, 6.07) is 20.7. The third kappa shape index (κ3) is 10.3. The summed E-state index contributed by atoms with van der Waals surface area (Å²) in [7, 11) is 0. The first kappa shape index (κ1) is 36.0. The van der Waals surface area contributed by atoms with E-state index in [2.05, 4.69) is 37.8 Å². The number of hydrogen-bond acceptors (Lipinski definition) is 7. The second-order valence-corrected chi connectivity index (χ2v) is 10.4. The molecule has 0 radical (unpaired) electrons. The van der Waals surface area contributed by atoms with Crippen LogP contribution in [0.1, 0.15) is 36.1 Å². The van der Waals surface area contributed by atoms with Gasteiger partial charge in [-0.15, -0.1) is 12.8 Å². The van der Waals surface area contributed by atoms with Gasteiger partial charge in [-0.25, -0.2) is 9.98 Å². The topological polar surface area (TPSA) is 144 Å². The molecule has 0 bridgehead atoms. The lowest BCUT2D eigenvalue weighted by atomic mass is 9.97.